The zero-order valence-electron chi connectivity index (χ0n) is 22.0. The summed E-state index contributed by atoms with van der Waals surface area (Å²) in [5.41, 5.74) is 0.429. The van der Waals surface area contributed by atoms with Gasteiger partial charge in [0.05, 0.1) is 20.6 Å². The molecule has 202 valence electrons. The summed E-state index contributed by atoms with van der Waals surface area (Å²) in [5.74, 6) is -0.144. The van der Waals surface area contributed by atoms with E-state index in [-0.39, 0.29) is 19.0 Å². The second-order valence-corrected chi connectivity index (χ2v) is 9.21. The van der Waals surface area contributed by atoms with Crippen molar-refractivity contribution < 1.29 is 33.3 Å². The lowest BCUT2D eigenvalue weighted by Gasteiger charge is -2.22. The first-order chi connectivity index (χ1) is 18.1. The summed E-state index contributed by atoms with van der Waals surface area (Å²) < 4.78 is 22.7. The monoisotopic (exact) mass is 525 g/mol. The van der Waals surface area contributed by atoms with Gasteiger partial charge in [0.1, 0.15) is 41.9 Å². The van der Waals surface area contributed by atoms with E-state index in [1.807, 2.05) is 18.2 Å². The van der Waals surface area contributed by atoms with Gasteiger partial charge in [-0.2, -0.15) is 0 Å². The number of tetrazole rings is 1. The number of hydrogen-bond acceptors (Lipinski definition) is 10. The normalized spacial score (nSPS) is 11.8. The third kappa shape index (κ3) is 7.76. The lowest BCUT2D eigenvalue weighted by atomic mass is 10.1. The lowest BCUT2D eigenvalue weighted by Crippen LogP contribution is -2.45. The maximum atomic E-state index is 13.4. The minimum atomic E-state index is -1.26. The van der Waals surface area contributed by atoms with E-state index in [2.05, 4.69) is 20.8 Å². The smallest absolute Gasteiger partial charge is 0.408 e. The highest BCUT2D eigenvalue weighted by Crippen LogP contribution is 2.36. The zero-order chi connectivity index (χ0) is 27.7. The Labute approximate surface area is 220 Å². The number of nitrogens with zero attached hydrogens (tertiary/aromatic N) is 4. The number of ether oxygens (including phenoxy) is 4. The molecule has 1 unspecified atom stereocenters. The predicted molar refractivity (Wildman–Crippen MR) is 135 cm³/mol. The van der Waals surface area contributed by atoms with Crippen molar-refractivity contribution in [3.8, 4) is 22.9 Å². The van der Waals surface area contributed by atoms with Crippen molar-refractivity contribution >= 4 is 17.8 Å². The van der Waals surface area contributed by atoms with Gasteiger partial charge in [-0.25, -0.2) is 9.48 Å². The first kappa shape index (κ1) is 28.1. The van der Waals surface area contributed by atoms with Gasteiger partial charge in [0.25, 0.3) is 0 Å². The standard InChI is InChI=1S/C26H31N5O7/c1-26(2,3)38-22(33)14-18(27-25(34)37-16-17-10-7-6-8-11-17)19(32)15-31-24(28-29-30-31)23-20(35-4)12-9-13-21(23)36-5/h6-13,18H,14-16H2,1-5H3,(H,27,34). The molecule has 0 radical (unpaired) electrons. The van der Waals surface area contributed by atoms with Crippen LogP contribution in [0.25, 0.3) is 11.4 Å². The van der Waals surface area contributed by atoms with Crippen molar-refractivity contribution in [3.05, 3.63) is 54.1 Å². The molecule has 3 rings (SSSR count). The van der Waals surface area contributed by atoms with Gasteiger partial charge in [0, 0.05) is 0 Å². The molecule has 1 amide bonds. The fraction of sp³-hybridized carbons (Fsp3) is 0.385. The molecule has 1 aromatic heterocycles. The lowest BCUT2D eigenvalue weighted by molar-refractivity contribution is -0.156. The summed E-state index contributed by atoms with van der Waals surface area (Å²) >= 11 is 0. The Bertz CT molecular complexity index is 1230. The average molecular weight is 526 g/mol. The highest BCUT2D eigenvalue weighted by molar-refractivity contribution is 5.91. The van der Waals surface area contributed by atoms with Gasteiger partial charge in [0.2, 0.25) is 0 Å². The first-order valence-corrected chi connectivity index (χ1v) is 11.8. The fourth-order valence-corrected chi connectivity index (χ4v) is 3.52. The molecule has 0 fully saturated rings. The third-order valence-electron chi connectivity index (χ3n) is 5.17. The van der Waals surface area contributed by atoms with Gasteiger partial charge in [-0.15, -0.1) is 5.10 Å². The Kier molecular flexibility index (Phi) is 9.36. The Balaban J connectivity index is 1.80. The largest absolute Gasteiger partial charge is 0.496 e. The van der Waals surface area contributed by atoms with Crippen LogP contribution in [0.2, 0.25) is 0 Å². The Morgan fingerprint density at radius 1 is 0.974 bits per heavy atom. The third-order valence-corrected chi connectivity index (χ3v) is 5.17. The second-order valence-electron chi connectivity index (χ2n) is 9.21. The molecule has 12 nitrogen and oxygen atoms in total. The van der Waals surface area contributed by atoms with Gasteiger partial charge >= 0.3 is 12.1 Å². The minimum Gasteiger partial charge on any atom is -0.496 e. The van der Waals surface area contributed by atoms with Crippen molar-refractivity contribution in [2.24, 2.45) is 0 Å². The summed E-state index contributed by atoms with van der Waals surface area (Å²) in [6.45, 7) is 4.74. The summed E-state index contributed by atoms with van der Waals surface area (Å²) in [7, 11) is 2.97. The van der Waals surface area contributed by atoms with Gasteiger partial charge in [-0.3, -0.25) is 9.59 Å². The van der Waals surface area contributed by atoms with Crippen LogP contribution in [0.5, 0.6) is 11.5 Å². The van der Waals surface area contributed by atoms with Crippen molar-refractivity contribution in [3.63, 3.8) is 0 Å². The van der Waals surface area contributed by atoms with Crippen molar-refractivity contribution in [2.45, 2.75) is 52.0 Å². The maximum absolute atomic E-state index is 13.4. The van der Waals surface area contributed by atoms with Crippen LogP contribution < -0.4 is 14.8 Å². The number of carbonyl (C=O) groups is 3. The molecule has 1 atom stereocenters. The highest BCUT2D eigenvalue weighted by atomic mass is 16.6. The summed E-state index contributed by atoms with van der Waals surface area (Å²) in [6.07, 6.45) is -1.27. The van der Waals surface area contributed by atoms with Crippen molar-refractivity contribution in [2.75, 3.05) is 14.2 Å². The van der Waals surface area contributed by atoms with E-state index < -0.39 is 35.9 Å². The molecule has 0 aliphatic carbocycles. The van der Waals surface area contributed by atoms with Gasteiger partial charge in [-0.05, 0) is 48.9 Å². The van der Waals surface area contributed by atoms with Crippen LogP contribution in [0.15, 0.2) is 48.5 Å². The summed E-state index contributed by atoms with van der Waals surface area (Å²) in [5, 5.41) is 14.1. The number of amides is 1. The first-order valence-electron chi connectivity index (χ1n) is 11.8. The highest BCUT2D eigenvalue weighted by Gasteiger charge is 2.29. The Morgan fingerprint density at radius 3 is 2.24 bits per heavy atom. The molecule has 12 heteroatoms. The number of benzene rings is 2. The molecule has 2 aromatic carbocycles. The van der Waals surface area contributed by atoms with E-state index in [0.29, 0.717) is 17.1 Å². The number of rotatable bonds is 11. The van der Waals surface area contributed by atoms with Crippen LogP contribution in [0.4, 0.5) is 4.79 Å². The van der Waals surface area contributed by atoms with Gasteiger partial charge in [-0.1, -0.05) is 36.4 Å². The molecule has 38 heavy (non-hydrogen) atoms. The van der Waals surface area contributed by atoms with Crippen LogP contribution in [0.1, 0.15) is 32.8 Å². The zero-order valence-corrected chi connectivity index (χ0v) is 22.0. The number of carbonyl (C=O) groups excluding carboxylic acids is 3. The SMILES string of the molecule is COc1cccc(OC)c1-c1nnnn1CC(=O)C(CC(=O)OC(C)(C)C)NC(=O)OCc1ccccc1. The van der Waals surface area contributed by atoms with E-state index in [4.69, 9.17) is 18.9 Å². The number of Topliss-reactive ketones (excluding diaryl/α,β-unsaturated/α-hetero) is 1. The molecule has 1 heterocycles. The van der Waals surface area contributed by atoms with Gasteiger partial charge < -0.3 is 24.3 Å². The minimum absolute atomic E-state index is 0.00916. The van der Waals surface area contributed by atoms with Crippen LogP contribution in [-0.4, -0.2) is 63.9 Å². The molecular formula is C26H31N5O7. The Hall–Kier alpha value is -4.48. The number of alkyl carbamates (subject to hydrolysis) is 1. The van der Waals surface area contributed by atoms with E-state index in [9.17, 15) is 14.4 Å². The second kappa shape index (κ2) is 12.7. The summed E-state index contributed by atoms with van der Waals surface area (Å²) in [4.78, 5) is 38.4. The molecule has 0 spiro atoms. The molecule has 0 aliphatic heterocycles. The molecule has 0 aliphatic rings. The van der Waals surface area contributed by atoms with Crippen LogP contribution in [0.3, 0.4) is 0 Å². The Morgan fingerprint density at radius 2 is 1.63 bits per heavy atom. The number of methoxy groups -OCH3 is 2. The maximum Gasteiger partial charge on any atom is 0.408 e. The molecule has 3 aromatic rings. The number of aromatic nitrogens is 4. The van der Waals surface area contributed by atoms with E-state index in [1.54, 1.807) is 51.1 Å². The fourth-order valence-electron chi connectivity index (χ4n) is 3.52. The van der Waals surface area contributed by atoms with E-state index in [1.165, 1.54) is 18.9 Å². The summed E-state index contributed by atoms with van der Waals surface area (Å²) in [6, 6.07) is 12.9. The number of hydrogen-bond donors (Lipinski definition) is 1. The average Bonchev–Trinajstić information content (AvgIpc) is 3.33. The molecular weight excluding hydrogens is 494 g/mol. The number of esters is 1. The van der Waals surface area contributed by atoms with Crippen molar-refractivity contribution in [1.82, 2.24) is 25.5 Å². The van der Waals surface area contributed by atoms with Gasteiger partial charge in [0.15, 0.2) is 11.6 Å². The molecule has 0 saturated carbocycles. The van der Waals surface area contributed by atoms with Crippen molar-refractivity contribution in [1.29, 1.82) is 0 Å². The molecule has 0 bridgehead atoms. The van der Waals surface area contributed by atoms with E-state index in [0.717, 1.165) is 5.56 Å². The number of ketones is 1. The molecule has 1 N–H and O–H groups in total. The molecule has 0 saturated heterocycles. The van der Waals surface area contributed by atoms with Crippen LogP contribution in [-0.2, 0) is 32.2 Å². The topological polar surface area (TPSA) is 144 Å². The van der Waals surface area contributed by atoms with Crippen LogP contribution >= 0.6 is 0 Å². The quantitative estimate of drug-likeness (QED) is 0.371. The number of nitrogens with one attached hydrogen (secondary N) is 1. The van der Waals surface area contributed by atoms with E-state index >= 15 is 0 Å². The van der Waals surface area contributed by atoms with Crippen LogP contribution in [0, 0.1) is 0 Å². The predicted octanol–water partition coefficient (Wildman–Crippen LogP) is 2.95.